The number of allylic oxidation sites excluding steroid dienone is 3. The molecule has 26 heavy (non-hydrogen) atoms. The number of hydrogen-bond donors (Lipinski definition) is 1. The maximum Gasteiger partial charge on any atom is 0.335 e. The lowest BCUT2D eigenvalue weighted by molar-refractivity contribution is -0.128. The van der Waals surface area contributed by atoms with Crippen molar-refractivity contribution < 1.29 is 14.7 Å². The van der Waals surface area contributed by atoms with Gasteiger partial charge in [0.15, 0.2) is 0 Å². The number of carbonyl (C=O) groups excluding carboxylic acids is 1. The Balaban J connectivity index is 1.91. The summed E-state index contributed by atoms with van der Waals surface area (Å²) in [6, 6.07) is 7.05. The lowest BCUT2D eigenvalue weighted by Gasteiger charge is -2.22. The predicted octanol–water partition coefficient (Wildman–Crippen LogP) is 4.61. The fourth-order valence-electron chi connectivity index (χ4n) is 3.20. The van der Waals surface area contributed by atoms with Crippen LogP contribution in [-0.2, 0) is 11.2 Å². The van der Waals surface area contributed by atoms with E-state index in [1.165, 1.54) is 18.4 Å². The highest BCUT2D eigenvalue weighted by atomic mass is 16.4. The first-order valence-corrected chi connectivity index (χ1v) is 9.47. The van der Waals surface area contributed by atoms with Crippen LogP contribution < -0.4 is 0 Å². The summed E-state index contributed by atoms with van der Waals surface area (Å²) < 4.78 is 0. The van der Waals surface area contributed by atoms with Crippen LogP contribution >= 0.6 is 0 Å². The molecule has 0 unspecified atom stereocenters. The molecule has 1 aliphatic rings. The average molecular weight is 355 g/mol. The van der Waals surface area contributed by atoms with Crippen molar-refractivity contribution in [2.24, 2.45) is 0 Å². The number of likely N-dealkylation sites (tertiary alicyclic amines) is 1. The highest BCUT2D eigenvalue weighted by Gasteiger charge is 2.28. The SMILES string of the molecule is CCCC/C(C)=C/C=C\[C@H]1CCC(=O)N1CCc1ccc(C(=O)O)cc1. The molecule has 1 aromatic rings. The molecule has 1 atom stereocenters. The first kappa shape index (κ1) is 20.0. The molecule has 1 amide bonds. The van der Waals surface area contributed by atoms with Crippen LogP contribution in [0.25, 0.3) is 0 Å². The molecule has 1 heterocycles. The van der Waals surface area contributed by atoms with Gasteiger partial charge < -0.3 is 10.0 Å². The standard InChI is InChI=1S/C22H29NO3/c1-3-4-6-17(2)7-5-8-20-13-14-21(24)23(20)16-15-18-9-11-19(12-10-18)22(25)26/h5,7-12,20H,3-4,6,13-16H2,1-2H3,(H,25,26)/b8-5-,17-7+/t20-/m0/s1. The molecule has 0 spiro atoms. The van der Waals surface area contributed by atoms with Gasteiger partial charge in [-0.25, -0.2) is 4.79 Å². The zero-order chi connectivity index (χ0) is 18.9. The molecule has 4 heteroatoms. The van der Waals surface area contributed by atoms with Crippen molar-refractivity contribution in [3.05, 3.63) is 59.2 Å². The van der Waals surface area contributed by atoms with E-state index in [4.69, 9.17) is 5.11 Å². The molecule has 0 radical (unpaired) electrons. The number of carboxylic acids is 1. The third-order valence-electron chi connectivity index (χ3n) is 4.86. The number of hydrogen-bond acceptors (Lipinski definition) is 2. The Hall–Kier alpha value is -2.36. The van der Waals surface area contributed by atoms with Crippen molar-refractivity contribution in [1.82, 2.24) is 4.90 Å². The molecule has 1 fully saturated rings. The number of nitrogens with zero attached hydrogens (tertiary/aromatic N) is 1. The monoisotopic (exact) mass is 355 g/mol. The Morgan fingerprint density at radius 1 is 1.31 bits per heavy atom. The van der Waals surface area contributed by atoms with Crippen LogP contribution in [0, 0.1) is 0 Å². The summed E-state index contributed by atoms with van der Waals surface area (Å²) in [5, 5.41) is 8.95. The quantitative estimate of drug-likeness (QED) is 0.658. The second-order valence-electron chi connectivity index (χ2n) is 6.95. The van der Waals surface area contributed by atoms with Gasteiger partial charge >= 0.3 is 5.97 Å². The molecule has 0 aromatic heterocycles. The highest BCUT2D eigenvalue weighted by Crippen LogP contribution is 2.21. The Labute approximate surface area is 156 Å². The van der Waals surface area contributed by atoms with Crippen LogP contribution in [0.15, 0.2) is 48.1 Å². The summed E-state index contributed by atoms with van der Waals surface area (Å²) in [4.78, 5) is 25.0. The van der Waals surface area contributed by atoms with E-state index in [0.29, 0.717) is 13.0 Å². The average Bonchev–Trinajstić information content (AvgIpc) is 2.98. The van der Waals surface area contributed by atoms with Crippen LogP contribution in [-0.4, -0.2) is 34.5 Å². The van der Waals surface area contributed by atoms with E-state index >= 15 is 0 Å². The number of benzene rings is 1. The molecule has 1 aromatic carbocycles. The molecule has 0 saturated carbocycles. The summed E-state index contributed by atoms with van der Waals surface area (Å²) in [6.45, 7) is 5.01. The van der Waals surface area contributed by atoms with E-state index < -0.39 is 5.97 Å². The van der Waals surface area contributed by atoms with Gasteiger partial charge in [-0.15, -0.1) is 0 Å². The van der Waals surface area contributed by atoms with Gasteiger partial charge in [0.2, 0.25) is 5.91 Å². The second-order valence-corrected chi connectivity index (χ2v) is 6.95. The molecule has 4 nitrogen and oxygen atoms in total. The molecule has 1 saturated heterocycles. The third kappa shape index (κ3) is 5.87. The van der Waals surface area contributed by atoms with Crippen molar-refractivity contribution in [3.8, 4) is 0 Å². The minimum Gasteiger partial charge on any atom is -0.478 e. The number of aromatic carboxylic acids is 1. The fourth-order valence-corrected chi connectivity index (χ4v) is 3.20. The summed E-state index contributed by atoms with van der Waals surface area (Å²) in [5.74, 6) is -0.716. The molecular weight excluding hydrogens is 326 g/mol. The fraction of sp³-hybridized carbons (Fsp3) is 0.455. The minimum absolute atomic E-state index is 0.163. The van der Waals surface area contributed by atoms with Gasteiger partial charge in [0.05, 0.1) is 11.6 Å². The van der Waals surface area contributed by atoms with Crippen LogP contribution in [0.5, 0.6) is 0 Å². The first-order valence-electron chi connectivity index (χ1n) is 9.47. The van der Waals surface area contributed by atoms with Gasteiger partial charge in [-0.3, -0.25) is 4.79 Å². The molecular formula is C22H29NO3. The van der Waals surface area contributed by atoms with Crippen molar-refractivity contribution in [2.75, 3.05) is 6.54 Å². The van der Waals surface area contributed by atoms with E-state index in [9.17, 15) is 9.59 Å². The van der Waals surface area contributed by atoms with E-state index in [0.717, 1.165) is 24.8 Å². The number of carbonyl (C=O) groups is 2. The molecule has 1 aliphatic heterocycles. The van der Waals surface area contributed by atoms with E-state index in [1.807, 2.05) is 17.0 Å². The summed E-state index contributed by atoms with van der Waals surface area (Å²) in [6.07, 6.45) is 12.1. The number of rotatable bonds is 9. The van der Waals surface area contributed by atoms with Crippen molar-refractivity contribution in [2.45, 2.75) is 58.4 Å². The van der Waals surface area contributed by atoms with E-state index in [2.05, 4.69) is 32.1 Å². The van der Waals surface area contributed by atoms with Crippen LogP contribution in [0.4, 0.5) is 0 Å². The summed E-state index contributed by atoms with van der Waals surface area (Å²) in [7, 11) is 0. The predicted molar refractivity (Wildman–Crippen MR) is 104 cm³/mol. The minimum atomic E-state index is -0.918. The van der Waals surface area contributed by atoms with Crippen LogP contribution in [0.1, 0.15) is 61.9 Å². The highest BCUT2D eigenvalue weighted by molar-refractivity contribution is 5.87. The number of amides is 1. The summed E-state index contributed by atoms with van der Waals surface area (Å²) in [5.41, 5.74) is 2.71. The van der Waals surface area contributed by atoms with E-state index in [-0.39, 0.29) is 17.5 Å². The lowest BCUT2D eigenvalue weighted by atomic mass is 10.1. The molecule has 2 rings (SSSR count). The molecule has 140 valence electrons. The molecule has 1 N–H and O–H groups in total. The van der Waals surface area contributed by atoms with Crippen molar-refractivity contribution in [3.63, 3.8) is 0 Å². The summed E-state index contributed by atoms with van der Waals surface area (Å²) >= 11 is 0. The van der Waals surface area contributed by atoms with Crippen molar-refractivity contribution >= 4 is 11.9 Å². The number of unbranched alkanes of at least 4 members (excludes halogenated alkanes) is 1. The van der Waals surface area contributed by atoms with Gasteiger partial charge in [0.25, 0.3) is 0 Å². The number of carboxylic acid groups (broad SMARTS) is 1. The van der Waals surface area contributed by atoms with Gasteiger partial charge in [-0.1, -0.05) is 49.3 Å². The van der Waals surface area contributed by atoms with Gasteiger partial charge in [0.1, 0.15) is 0 Å². The third-order valence-corrected chi connectivity index (χ3v) is 4.86. The zero-order valence-corrected chi connectivity index (χ0v) is 15.8. The van der Waals surface area contributed by atoms with Crippen LogP contribution in [0.2, 0.25) is 0 Å². The van der Waals surface area contributed by atoms with Gasteiger partial charge in [0, 0.05) is 13.0 Å². The zero-order valence-electron chi connectivity index (χ0n) is 15.8. The Bertz CT molecular complexity index is 673. The van der Waals surface area contributed by atoms with Crippen molar-refractivity contribution in [1.29, 1.82) is 0 Å². The second kappa shape index (κ2) is 9.95. The normalized spacial score (nSPS) is 18.1. The lowest BCUT2D eigenvalue weighted by Crippen LogP contribution is -2.33. The Kier molecular flexibility index (Phi) is 7.64. The van der Waals surface area contributed by atoms with E-state index in [1.54, 1.807) is 12.1 Å². The topological polar surface area (TPSA) is 57.6 Å². The molecule has 0 aliphatic carbocycles. The first-order chi connectivity index (χ1) is 12.5. The molecule has 0 bridgehead atoms. The van der Waals surface area contributed by atoms with Gasteiger partial charge in [-0.2, -0.15) is 0 Å². The Morgan fingerprint density at radius 3 is 2.69 bits per heavy atom. The maximum absolute atomic E-state index is 12.2. The smallest absolute Gasteiger partial charge is 0.335 e. The largest absolute Gasteiger partial charge is 0.478 e. The Morgan fingerprint density at radius 2 is 2.04 bits per heavy atom. The maximum atomic E-state index is 12.2. The van der Waals surface area contributed by atoms with Gasteiger partial charge in [-0.05, 0) is 50.3 Å². The van der Waals surface area contributed by atoms with Crippen LogP contribution in [0.3, 0.4) is 0 Å².